The number of nitrogens with one attached hydrogen (secondary N) is 2. The number of nitrogens with zero attached hydrogens (tertiary/aromatic N) is 2. The van der Waals surface area contributed by atoms with Crippen LogP contribution in [0.15, 0.2) is 4.99 Å². The quantitative estimate of drug-likeness (QED) is 0.190. The van der Waals surface area contributed by atoms with E-state index >= 15 is 0 Å². The van der Waals surface area contributed by atoms with Gasteiger partial charge in [-0.3, -0.25) is 9.79 Å². The number of guanidine groups is 1. The number of ether oxygens (including phenoxy) is 2. The summed E-state index contributed by atoms with van der Waals surface area (Å²) in [5.74, 6) is 0.217. The molecular weight excluding hydrogens is 523 g/mol. The van der Waals surface area contributed by atoms with Crippen LogP contribution in [0.2, 0.25) is 0 Å². The van der Waals surface area contributed by atoms with Gasteiger partial charge in [-0.05, 0) is 46.0 Å². The van der Waals surface area contributed by atoms with Gasteiger partial charge in [0.05, 0.1) is 30.9 Å². The van der Waals surface area contributed by atoms with Crippen LogP contribution in [0.5, 0.6) is 0 Å². The Morgan fingerprint density at radius 3 is 2.70 bits per heavy atom. The molecule has 2 saturated heterocycles. The van der Waals surface area contributed by atoms with Crippen LogP contribution < -0.4 is 10.0 Å². The minimum Gasteiger partial charge on any atom is -0.466 e. The van der Waals surface area contributed by atoms with E-state index in [-0.39, 0.29) is 54.3 Å². The van der Waals surface area contributed by atoms with Crippen LogP contribution in [0.4, 0.5) is 0 Å². The summed E-state index contributed by atoms with van der Waals surface area (Å²) in [5, 5.41) is 3.20. The first-order valence-corrected chi connectivity index (χ1v) is 12.4. The van der Waals surface area contributed by atoms with Crippen LogP contribution in [0.3, 0.4) is 0 Å². The number of hydrogen-bond donors (Lipinski definition) is 2. The summed E-state index contributed by atoms with van der Waals surface area (Å²) in [7, 11) is -3.41. The van der Waals surface area contributed by atoms with Crippen molar-refractivity contribution in [3.05, 3.63) is 0 Å². The minimum absolute atomic E-state index is 0. The fraction of sp³-hybridized carbons (Fsp3) is 0.895. The van der Waals surface area contributed by atoms with Gasteiger partial charge in [0.25, 0.3) is 0 Å². The molecule has 2 rings (SSSR count). The average molecular weight is 560 g/mol. The van der Waals surface area contributed by atoms with Gasteiger partial charge in [-0.15, -0.1) is 24.0 Å². The molecule has 0 aromatic heterocycles. The molecule has 11 heteroatoms. The molecule has 0 aromatic rings. The van der Waals surface area contributed by atoms with Crippen LogP contribution in [-0.4, -0.2) is 83.0 Å². The van der Waals surface area contributed by atoms with Gasteiger partial charge in [0.2, 0.25) is 10.0 Å². The summed E-state index contributed by atoms with van der Waals surface area (Å²) >= 11 is 0. The van der Waals surface area contributed by atoms with Crippen molar-refractivity contribution in [2.24, 2.45) is 10.9 Å². The zero-order valence-electron chi connectivity index (χ0n) is 18.1. The van der Waals surface area contributed by atoms with Gasteiger partial charge in [-0.2, -0.15) is 0 Å². The van der Waals surface area contributed by atoms with Crippen molar-refractivity contribution in [1.29, 1.82) is 0 Å². The number of carbonyl (C=O) groups is 1. The van der Waals surface area contributed by atoms with Crippen molar-refractivity contribution >= 4 is 45.9 Å². The van der Waals surface area contributed by atoms with Crippen LogP contribution in [-0.2, 0) is 24.3 Å². The number of likely N-dealkylation sites (tertiary alicyclic amines) is 1. The summed E-state index contributed by atoms with van der Waals surface area (Å²) in [6.07, 6.45) is 4.64. The standard InChI is InChI=1S/C19H36N4O5S.HI/c1-3-20-19(23-11-7-8-16(15-23)18(24)27-4-2)21-10-13-29(25,26)22-14-17-9-5-6-12-28-17;/h16-17,22H,3-15H2,1-2H3,(H,20,21);1H. The molecule has 0 aromatic carbocycles. The lowest BCUT2D eigenvalue weighted by Gasteiger charge is -2.34. The van der Waals surface area contributed by atoms with E-state index in [9.17, 15) is 13.2 Å². The molecule has 0 saturated carbocycles. The topological polar surface area (TPSA) is 109 Å². The Morgan fingerprint density at radius 2 is 2.03 bits per heavy atom. The Kier molecular flexibility index (Phi) is 13.1. The lowest BCUT2D eigenvalue weighted by atomic mass is 9.98. The molecule has 9 nitrogen and oxygen atoms in total. The Morgan fingerprint density at radius 1 is 1.23 bits per heavy atom. The maximum atomic E-state index is 12.3. The van der Waals surface area contributed by atoms with Gasteiger partial charge in [0.1, 0.15) is 0 Å². The molecule has 0 amide bonds. The number of halogens is 1. The van der Waals surface area contributed by atoms with Crippen molar-refractivity contribution in [2.75, 3.05) is 51.7 Å². The second kappa shape index (κ2) is 14.4. The fourth-order valence-electron chi connectivity index (χ4n) is 3.58. The number of rotatable bonds is 9. The Balaban J connectivity index is 0.00000450. The van der Waals surface area contributed by atoms with Gasteiger partial charge in [-0.1, -0.05) is 0 Å². The Hall–Kier alpha value is -0.660. The van der Waals surface area contributed by atoms with E-state index in [1.807, 2.05) is 11.8 Å². The van der Waals surface area contributed by atoms with Crippen molar-refractivity contribution in [3.63, 3.8) is 0 Å². The van der Waals surface area contributed by atoms with Gasteiger partial charge >= 0.3 is 5.97 Å². The van der Waals surface area contributed by atoms with Crippen molar-refractivity contribution in [2.45, 2.75) is 52.1 Å². The van der Waals surface area contributed by atoms with E-state index in [0.717, 1.165) is 38.6 Å². The number of aliphatic imine (C=N–C) groups is 1. The molecule has 0 aliphatic carbocycles. The molecular formula is C19H37IN4O5S. The predicted octanol–water partition coefficient (Wildman–Crippen LogP) is 1.33. The number of esters is 1. The zero-order valence-corrected chi connectivity index (χ0v) is 21.2. The monoisotopic (exact) mass is 560 g/mol. The molecule has 0 spiro atoms. The molecule has 2 atom stereocenters. The number of carbonyl (C=O) groups excluding carboxylic acids is 1. The molecule has 2 heterocycles. The predicted molar refractivity (Wildman–Crippen MR) is 128 cm³/mol. The van der Waals surface area contributed by atoms with Gasteiger partial charge in [0, 0.05) is 32.8 Å². The smallest absolute Gasteiger partial charge is 0.310 e. The summed E-state index contributed by atoms with van der Waals surface area (Å²) in [4.78, 5) is 18.6. The first-order valence-electron chi connectivity index (χ1n) is 10.7. The van der Waals surface area contributed by atoms with E-state index < -0.39 is 10.0 Å². The summed E-state index contributed by atoms with van der Waals surface area (Å²) in [6, 6.07) is 0. The molecule has 2 N–H and O–H groups in total. The third-order valence-electron chi connectivity index (χ3n) is 5.10. The highest BCUT2D eigenvalue weighted by Crippen LogP contribution is 2.18. The first kappa shape index (κ1) is 27.4. The molecule has 2 aliphatic heterocycles. The van der Waals surface area contributed by atoms with Gasteiger partial charge in [-0.25, -0.2) is 13.1 Å². The number of hydrogen-bond acceptors (Lipinski definition) is 6. The summed E-state index contributed by atoms with van der Waals surface area (Å²) < 4.78 is 37.9. The highest BCUT2D eigenvalue weighted by molar-refractivity contribution is 14.0. The largest absolute Gasteiger partial charge is 0.466 e. The van der Waals surface area contributed by atoms with E-state index in [0.29, 0.717) is 38.8 Å². The average Bonchev–Trinajstić information content (AvgIpc) is 2.73. The van der Waals surface area contributed by atoms with Crippen LogP contribution in [0, 0.1) is 5.92 Å². The molecule has 0 bridgehead atoms. The lowest BCUT2D eigenvalue weighted by Crippen LogP contribution is -2.48. The van der Waals surface area contributed by atoms with Crippen molar-refractivity contribution in [1.82, 2.24) is 14.9 Å². The first-order chi connectivity index (χ1) is 13.9. The third kappa shape index (κ3) is 9.65. The molecule has 0 radical (unpaired) electrons. The highest BCUT2D eigenvalue weighted by Gasteiger charge is 2.28. The van der Waals surface area contributed by atoms with Gasteiger partial charge < -0.3 is 19.7 Å². The highest BCUT2D eigenvalue weighted by atomic mass is 127. The molecule has 2 unspecified atom stereocenters. The normalized spacial score (nSPS) is 22.9. The van der Waals surface area contributed by atoms with Gasteiger partial charge in [0.15, 0.2) is 5.96 Å². The second-order valence-corrected chi connectivity index (χ2v) is 9.36. The van der Waals surface area contributed by atoms with E-state index in [4.69, 9.17) is 9.47 Å². The van der Waals surface area contributed by atoms with Crippen LogP contribution >= 0.6 is 24.0 Å². The Bertz CT molecular complexity index is 641. The maximum Gasteiger partial charge on any atom is 0.310 e. The Labute approximate surface area is 197 Å². The van der Waals surface area contributed by atoms with E-state index in [1.54, 1.807) is 6.92 Å². The maximum absolute atomic E-state index is 12.3. The summed E-state index contributed by atoms with van der Waals surface area (Å²) in [5.41, 5.74) is 0. The third-order valence-corrected chi connectivity index (χ3v) is 6.43. The second-order valence-electron chi connectivity index (χ2n) is 7.43. The van der Waals surface area contributed by atoms with Crippen molar-refractivity contribution < 1.29 is 22.7 Å². The minimum atomic E-state index is -3.41. The summed E-state index contributed by atoms with van der Waals surface area (Å²) in [6.45, 7) is 7.31. The number of sulfonamides is 1. The van der Waals surface area contributed by atoms with Crippen molar-refractivity contribution in [3.8, 4) is 0 Å². The van der Waals surface area contributed by atoms with E-state index in [2.05, 4.69) is 15.0 Å². The zero-order chi connectivity index (χ0) is 21.1. The molecule has 30 heavy (non-hydrogen) atoms. The molecule has 176 valence electrons. The van der Waals surface area contributed by atoms with Crippen LogP contribution in [0.25, 0.3) is 0 Å². The fourth-order valence-corrected chi connectivity index (χ4v) is 4.50. The SMILES string of the molecule is CCNC(=NCCS(=O)(=O)NCC1CCCCO1)N1CCCC(C(=O)OCC)C1.I. The molecule has 2 fully saturated rings. The van der Waals surface area contributed by atoms with Crippen LogP contribution in [0.1, 0.15) is 46.0 Å². The van der Waals surface area contributed by atoms with E-state index in [1.165, 1.54) is 0 Å². The number of piperidine rings is 1. The lowest BCUT2D eigenvalue weighted by molar-refractivity contribution is -0.149. The molecule has 2 aliphatic rings.